The number of methoxy groups -OCH3 is 2. The summed E-state index contributed by atoms with van der Waals surface area (Å²) in [6, 6.07) is 2.94. The van der Waals surface area contributed by atoms with Crippen molar-refractivity contribution in [1.29, 1.82) is 0 Å². The van der Waals surface area contributed by atoms with Crippen molar-refractivity contribution in [2.75, 3.05) is 14.2 Å². The lowest BCUT2D eigenvalue weighted by molar-refractivity contribution is -0.170. The van der Waals surface area contributed by atoms with E-state index in [1.165, 1.54) is 0 Å². The van der Waals surface area contributed by atoms with Crippen LogP contribution >= 0.6 is 0 Å². The minimum Gasteiger partial charge on any atom is -0.508 e. The second-order valence-electron chi connectivity index (χ2n) is 2.95. The topological polar surface area (TPSA) is 55.8 Å². The second-order valence-corrected chi connectivity index (χ2v) is 2.95. The highest BCUT2D eigenvalue weighted by molar-refractivity contribution is 5.80. The van der Waals surface area contributed by atoms with E-state index in [1.54, 1.807) is 0 Å². The quantitative estimate of drug-likeness (QED) is 0.805. The first-order valence-electron chi connectivity index (χ1n) is 4.27. The Hall–Kier alpha value is -1.85. The highest BCUT2D eigenvalue weighted by Gasteiger charge is 2.44. The molecule has 0 unspecified atom stereocenters. The fraction of sp³-hybridized carbons (Fsp3) is 0.300. The molecule has 1 aromatic carbocycles. The molecule has 0 bridgehead atoms. The van der Waals surface area contributed by atoms with Gasteiger partial charge in [-0.15, -0.1) is 0 Å². The zero-order chi connectivity index (χ0) is 12.3. The number of phenols is 1. The highest BCUT2D eigenvalue weighted by atomic mass is 19.3. The van der Waals surface area contributed by atoms with Crippen LogP contribution in [0.3, 0.4) is 0 Å². The van der Waals surface area contributed by atoms with Crippen molar-refractivity contribution < 1.29 is 28.2 Å². The van der Waals surface area contributed by atoms with Crippen LogP contribution in [0.15, 0.2) is 18.2 Å². The molecule has 0 atom stereocenters. The number of phenolic OH excluding ortho intramolecular Hbond substituents is 1. The van der Waals surface area contributed by atoms with Crippen LogP contribution < -0.4 is 4.74 Å². The van der Waals surface area contributed by atoms with Crippen molar-refractivity contribution >= 4 is 5.97 Å². The van der Waals surface area contributed by atoms with Gasteiger partial charge in [0.25, 0.3) is 0 Å². The average Bonchev–Trinajstić information content (AvgIpc) is 2.27. The molecule has 0 aliphatic heterocycles. The number of esters is 1. The van der Waals surface area contributed by atoms with Crippen LogP contribution in [0, 0.1) is 0 Å². The number of rotatable bonds is 3. The largest absolute Gasteiger partial charge is 0.508 e. The third-order valence-electron chi connectivity index (χ3n) is 1.97. The molecule has 88 valence electrons. The summed E-state index contributed by atoms with van der Waals surface area (Å²) in [5, 5.41) is 9.09. The Labute approximate surface area is 90.4 Å². The van der Waals surface area contributed by atoms with Crippen LogP contribution in [-0.2, 0) is 15.5 Å². The summed E-state index contributed by atoms with van der Waals surface area (Å²) in [5.74, 6) is -6.01. The fourth-order valence-electron chi connectivity index (χ4n) is 1.18. The Bertz CT molecular complexity index is 404. The lowest BCUT2D eigenvalue weighted by Gasteiger charge is -2.16. The van der Waals surface area contributed by atoms with Gasteiger partial charge in [-0.2, -0.15) is 8.78 Å². The van der Waals surface area contributed by atoms with Gasteiger partial charge in [0, 0.05) is 6.07 Å². The summed E-state index contributed by atoms with van der Waals surface area (Å²) in [7, 11) is 2.02. The molecule has 1 aromatic rings. The maximum Gasteiger partial charge on any atom is 0.381 e. The first kappa shape index (κ1) is 12.2. The molecular weight excluding hydrogens is 222 g/mol. The van der Waals surface area contributed by atoms with Crippen molar-refractivity contribution in [3.63, 3.8) is 0 Å². The standard InChI is InChI=1S/C10H10F2O4/c1-15-8-5-6(13)3-4-7(8)10(11,12)9(14)16-2/h3-5,13H,1-2H3. The predicted octanol–water partition coefficient (Wildman–Crippen LogP) is 1.67. The molecule has 0 saturated carbocycles. The van der Waals surface area contributed by atoms with Gasteiger partial charge in [0.15, 0.2) is 0 Å². The van der Waals surface area contributed by atoms with Gasteiger partial charge in [0.05, 0.1) is 19.8 Å². The van der Waals surface area contributed by atoms with Crippen LogP contribution in [0.5, 0.6) is 11.5 Å². The molecule has 0 radical (unpaired) electrons. The molecule has 0 spiro atoms. The van der Waals surface area contributed by atoms with E-state index in [-0.39, 0.29) is 11.5 Å². The molecule has 1 rings (SSSR count). The summed E-state index contributed by atoms with van der Waals surface area (Å²) < 4.78 is 35.6. The lowest BCUT2D eigenvalue weighted by Crippen LogP contribution is -2.27. The zero-order valence-corrected chi connectivity index (χ0v) is 8.66. The number of carbonyl (C=O) groups excluding carboxylic acids is 1. The molecule has 16 heavy (non-hydrogen) atoms. The Morgan fingerprint density at radius 1 is 1.38 bits per heavy atom. The van der Waals surface area contributed by atoms with E-state index >= 15 is 0 Å². The van der Waals surface area contributed by atoms with Gasteiger partial charge in [-0.05, 0) is 12.1 Å². The molecule has 0 aliphatic carbocycles. The first-order chi connectivity index (χ1) is 7.43. The van der Waals surface area contributed by atoms with Gasteiger partial charge in [0.2, 0.25) is 0 Å². The van der Waals surface area contributed by atoms with Crippen molar-refractivity contribution in [3.8, 4) is 11.5 Å². The Morgan fingerprint density at radius 2 is 2.00 bits per heavy atom. The van der Waals surface area contributed by atoms with Crippen LogP contribution in [0.4, 0.5) is 8.78 Å². The van der Waals surface area contributed by atoms with E-state index in [0.717, 1.165) is 32.4 Å². The summed E-state index contributed by atoms with van der Waals surface area (Å²) in [5.41, 5.74) is -0.653. The van der Waals surface area contributed by atoms with E-state index in [9.17, 15) is 13.6 Å². The minimum atomic E-state index is -3.81. The van der Waals surface area contributed by atoms with E-state index in [2.05, 4.69) is 9.47 Å². The van der Waals surface area contributed by atoms with Crippen LogP contribution in [0.2, 0.25) is 0 Å². The number of halogens is 2. The highest BCUT2D eigenvalue weighted by Crippen LogP contribution is 2.37. The Morgan fingerprint density at radius 3 is 2.50 bits per heavy atom. The monoisotopic (exact) mass is 232 g/mol. The SMILES string of the molecule is COC(=O)C(F)(F)c1ccc(O)cc1OC. The van der Waals surface area contributed by atoms with Crippen LogP contribution in [0.1, 0.15) is 5.56 Å². The van der Waals surface area contributed by atoms with Crippen molar-refractivity contribution in [2.24, 2.45) is 0 Å². The predicted molar refractivity (Wildman–Crippen MR) is 50.6 cm³/mol. The normalized spacial score (nSPS) is 11.0. The van der Waals surface area contributed by atoms with Crippen LogP contribution in [0.25, 0.3) is 0 Å². The van der Waals surface area contributed by atoms with Gasteiger partial charge >= 0.3 is 11.9 Å². The molecule has 0 amide bonds. The van der Waals surface area contributed by atoms with E-state index in [4.69, 9.17) is 5.11 Å². The fourth-order valence-corrected chi connectivity index (χ4v) is 1.18. The third kappa shape index (κ3) is 2.05. The van der Waals surface area contributed by atoms with Gasteiger partial charge in [-0.3, -0.25) is 0 Å². The smallest absolute Gasteiger partial charge is 0.381 e. The van der Waals surface area contributed by atoms with Gasteiger partial charge in [-0.25, -0.2) is 4.79 Å². The van der Waals surface area contributed by atoms with Gasteiger partial charge in [-0.1, -0.05) is 0 Å². The summed E-state index contributed by atoms with van der Waals surface area (Å²) in [4.78, 5) is 10.9. The number of hydrogen-bond acceptors (Lipinski definition) is 4. The van der Waals surface area contributed by atoms with Crippen LogP contribution in [-0.4, -0.2) is 25.3 Å². The van der Waals surface area contributed by atoms with Crippen molar-refractivity contribution in [3.05, 3.63) is 23.8 Å². The summed E-state index contributed by atoms with van der Waals surface area (Å²) >= 11 is 0. The molecule has 4 nitrogen and oxygen atoms in total. The molecule has 0 aromatic heterocycles. The summed E-state index contributed by atoms with van der Waals surface area (Å²) in [6.07, 6.45) is 0. The lowest BCUT2D eigenvalue weighted by atomic mass is 10.1. The van der Waals surface area contributed by atoms with E-state index in [1.807, 2.05) is 0 Å². The second kappa shape index (κ2) is 4.34. The van der Waals surface area contributed by atoms with Gasteiger partial charge in [0.1, 0.15) is 11.5 Å². The molecule has 1 N–H and O–H groups in total. The van der Waals surface area contributed by atoms with Crippen molar-refractivity contribution in [1.82, 2.24) is 0 Å². The third-order valence-corrected chi connectivity index (χ3v) is 1.97. The Balaban J connectivity index is 3.26. The zero-order valence-electron chi connectivity index (χ0n) is 8.66. The molecule has 0 fully saturated rings. The Kier molecular flexibility index (Phi) is 3.31. The number of aromatic hydroxyl groups is 1. The van der Waals surface area contributed by atoms with Gasteiger partial charge < -0.3 is 14.6 Å². The maximum absolute atomic E-state index is 13.5. The number of alkyl halides is 2. The van der Waals surface area contributed by atoms with E-state index < -0.39 is 17.5 Å². The molecule has 6 heteroatoms. The number of carbonyl (C=O) groups is 1. The number of hydrogen-bond donors (Lipinski definition) is 1. The first-order valence-corrected chi connectivity index (χ1v) is 4.27. The summed E-state index contributed by atoms with van der Waals surface area (Å²) in [6.45, 7) is 0. The molecule has 0 heterocycles. The maximum atomic E-state index is 13.5. The average molecular weight is 232 g/mol. The van der Waals surface area contributed by atoms with E-state index in [0.29, 0.717) is 0 Å². The molecule has 0 aliphatic rings. The van der Waals surface area contributed by atoms with Crippen molar-refractivity contribution in [2.45, 2.75) is 5.92 Å². The number of ether oxygens (including phenoxy) is 2. The molecular formula is C10H10F2O4. The molecule has 0 saturated heterocycles. The minimum absolute atomic E-state index is 0.235. The number of benzene rings is 1.